The highest BCUT2D eigenvalue weighted by Gasteiger charge is 1.95. The largest absolute Gasteiger partial charge is 0.478 e. The first-order chi connectivity index (χ1) is 6.20. The second-order valence-electron chi connectivity index (χ2n) is 3.33. The standard InChI is InChI=1S/C7H12N2O.C3H8/c1-6(2)5-10-7-3-4-8-9-7;1-3-2/h3-4,6H,5H2,1-2H3,(H,8,9);3H2,1-2H3. The molecule has 1 rings (SSSR count). The summed E-state index contributed by atoms with van der Waals surface area (Å²) >= 11 is 0. The van der Waals surface area contributed by atoms with Crippen LogP contribution in [0.4, 0.5) is 0 Å². The highest BCUT2D eigenvalue weighted by Crippen LogP contribution is 2.03. The highest BCUT2D eigenvalue weighted by atomic mass is 16.5. The van der Waals surface area contributed by atoms with Gasteiger partial charge in [0.1, 0.15) is 0 Å². The third kappa shape index (κ3) is 7.37. The Kier molecular flexibility index (Phi) is 7.07. The van der Waals surface area contributed by atoms with Gasteiger partial charge in [-0.1, -0.05) is 34.1 Å². The lowest BCUT2D eigenvalue weighted by molar-refractivity contribution is 0.261. The first-order valence-electron chi connectivity index (χ1n) is 4.82. The Morgan fingerprint density at radius 3 is 2.46 bits per heavy atom. The van der Waals surface area contributed by atoms with Crippen LogP contribution in [0.5, 0.6) is 5.88 Å². The van der Waals surface area contributed by atoms with Crippen molar-refractivity contribution in [2.45, 2.75) is 34.1 Å². The number of nitrogens with one attached hydrogen (secondary N) is 1. The maximum absolute atomic E-state index is 5.29. The summed E-state index contributed by atoms with van der Waals surface area (Å²) in [6, 6.07) is 1.81. The third-order valence-corrected chi connectivity index (χ3v) is 1.05. The molecule has 1 heterocycles. The molecule has 0 spiro atoms. The van der Waals surface area contributed by atoms with Gasteiger partial charge in [0.25, 0.3) is 0 Å². The van der Waals surface area contributed by atoms with Crippen LogP contribution in [0.2, 0.25) is 0 Å². The van der Waals surface area contributed by atoms with Crippen molar-refractivity contribution in [1.82, 2.24) is 10.2 Å². The molecular formula is C10H20N2O. The molecule has 0 aliphatic rings. The van der Waals surface area contributed by atoms with Gasteiger partial charge in [-0.2, -0.15) is 5.10 Å². The maximum atomic E-state index is 5.29. The van der Waals surface area contributed by atoms with Gasteiger partial charge in [0.15, 0.2) is 0 Å². The first-order valence-corrected chi connectivity index (χ1v) is 4.82. The van der Waals surface area contributed by atoms with Crippen LogP contribution >= 0.6 is 0 Å². The van der Waals surface area contributed by atoms with E-state index in [0.29, 0.717) is 5.92 Å². The van der Waals surface area contributed by atoms with Crippen LogP contribution in [-0.2, 0) is 0 Å². The zero-order valence-electron chi connectivity index (χ0n) is 9.00. The topological polar surface area (TPSA) is 37.9 Å². The molecule has 1 aromatic heterocycles. The van der Waals surface area contributed by atoms with Crippen molar-refractivity contribution in [3.63, 3.8) is 0 Å². The summed E-state index contributed by atoms with van der Waals surface area (Å²) in [5, 5.41) is 6.47. The predicted molar refractivity (Wildman–Crippen MR) is 54.9 cm³/mol. The Bertz CT molecular complexity index is 183. The zero-order valence-corrected chi connectivity index (χ0v) is 9.00. The lowest BCUT2D eigenvalue weighted by Gasteiger charge is -2.04. The Balaban J connectivity index is 0.000000424. The van der Waals surface area contributed by atoms with E-state index in [9.17, 15) is 0 Å². The summed E-state index contributed by atoms with van der Waals surface area (Å²) in [4.78, 5) is 0. The molecule has 0 saturated carbocycles. The molecule has 76 valence electrons. The van der Waals surface area contributed by atoms with E-state index < -0.39 is 0 Å². The van der Waals surface area contributed by atoms with Crippen molar-refractivity contribution in [2.75, 3.05) is 6.61 Å². The van der Waals surface area contributed by atoms with Gasteiger partial charge in [-0.15, -0.1) is 0 Å². The number of H-pyrrole nitrogens is 1. The van der Waals surface area contributed by atoms with Crippen LogP contribution in [0.25, 0.3) is 0 Å². The maximum Gasteiger partial charge on any atom is 0.209 e. The van der Waals surface area contributed by atoms with E-state index in [4.69, 9.17) is 4.74 Å². The van der Waals surface area contributed by atoms with Crippen LogP contribution in [0, 0.1) is 5.92 Å². The van der Waals surface area contributed by atoms with Gasteiger partial charge in [0, 0.05) is 6.07 Å². The Labute approximate surface area is 80.5 Å². The molecule has 0 radical (unpaired) electrons. The first kappa shape index (κ1) is 12.0. The van der Waals surface area contributed by atoms with Crippen LogP contribution in [0.1, 0.15) is 34.1 Å². The minimum absolute atomic E-state index is 0.559. The van der Waals surface area contributed by atoms with Crippen molar-refractivity contribution in [2.24, 2.45) is 5.92 Å². The van der Waals surface area contributed by atoms with Crippen molar-refractivity contribution in [3.8, 4) is 5.88 Å². The SMILES string of the molecule is CC(C)COc1ccn[nH]1.CCC. The lowest BCUT2D eigenvalue weighted by atomic mass is 10.2. The molecule has 3 heteroatoms. The molecule has 1 aromatic rings. The third-order valence-electron chi connectivity index (χ3n) is 1.05. The molecule has 0 fully saturated rings. The fourth-order valence-electron chi connectivity index (χ4n) is 0.580. The van der Waals surface area contributed by atoms with Gasteiger partial charge in [-0.25, -0.2) is 5.10 Å². The van der Waals surface area contributed by atoms with Gasteiger partial charge < -0.3 is 4.74 Å². The molecule has 3 nitrogen and oxygen atoms in total. The molecule has 0 bridgehead atoms. The van der Waals surface area contributed by atoms with Gasteiger partial charge >= 0.3 is 0 Å². The van der Waals surface area contributed by atoms with Gasteiger partial charge in [0.2, 0.25) is 5.88 Å². The zero-order chi connectivity index (χ0) is 10.1. The fourth-order valence-corrected chi connectivity index (χ4v) is 0.580. The number of ether oxygens (including phenoxy) is 1. The molecule has 1 N–H and O–H groups in total. The monoisotopic (exact) mass is 184 g/mol. The Morgan fingerprint density at radius 2 is 2.08 bits per heavy atom. The molecule has 0 unspecified atom stereocenters. The fraction of sp³-hybridized carbons (Fsp3) is 0.700. The normalized spacial score (nSPS) is 9.31. The van der Waals surface area contributed by atoms with Crippen molar-refractivity contribution >= 4 is 0 Å². The molecule has 0 aliphatic carbocycles. The second kappa shape index (κ2) is 7.65. The molecule has 0 amide bonds. The van der Waals surface area contributed by atoms with Crippen LogP contribution in [0.15, 0.2) is 12.3 Å². The number of nitrogens with zero attached hydrogens (tertiary/aromatic N) is 1. The molecule has 0 atom stereocenters. The summed E-state index contributed by atoms with van der Waals surface area (Å²) in [5.74, 6) is 1.30. The number of hydrogen-bond acceptors (Lipinski definition) is 2. The van der Waals surface area contributed by atoms with E-state index in [1.165, 1.54) is 6.42 Å². The number of aromatic amines is 1. The van der Waals surface area contributed by atoms with Gasteiger partial charge in [0.05, 0.1) is 12.8 Å². The van der Waals surface area contributed by atoms with Crippen molar-refractivity contribution in [3.05, 3.63) is 12.3 Å². The molecule has 0 aromatic carbocycles. The quantitative estimate of drug-likeness (QED) is 0.784. The summed E-state index contributed by atoms with van der Waals surface area (Å²) in [6.45, 7) is 9.20. The molecule has 0 saturated heterocycles. The van der Waals surface area contributed by atoms with Crippen LogP contribution in [-0.4, -0.2) is 16.8 Å². The summed E-state index contributed by atoms with van der Waals surface area (Å²) in [6.07, 6.45) is 2.93. The number of aromatic nitrogens is 2. The van der Waals surface area contributed by atoms with E-state index in [0.717, 1.165) is 12.5 Å². The molecular weight excluding hydrogens is 164 g/mol. The number of hydrogen-bond donors (Lipinski definition) is 1. The second-order valence-corrected chi connectivity index (χ2v) is 3.33. The smallest absolute Gasteiger partial charge is 0.209 e. The van der Waals surface area contributed by atoms with Crippen LogP contribution < -0.4 is 4.74 Å². The average molecular weight is 184 g/mol. The minimum atomic E-state index is 0.559. The molecule has 0 aliphatic heterocycles. The van der Waals surface area contributed by atoms with Gasteiger partial charge in [-0.3, -0.25) is 0 Å². The van der Waals surface area contributed by atoms with E-state index >= 15 is 0 Å². The predicted octanol–water partition coefficient (Wildman–Crippen LogP) is 2.86. The lowest BCUT2D eigenvalue weighted by Crippen LogP contribution is -2.04. The minimum Gasteiger partial charge on any atom is -0.478 e. The highest BCUT2D eigenvalue weighted by molar-refractivity contribution is 5.03. The van der Waals surface area contributed by atoms with E-state index in [1.807, 2.05) is 6.07 Å². The summed E-state index contributed by atoms with van der Waals surface area (Å²) in [5.41, 5.74) is 0. The Morgan fingerprint density at radius 1 is 1.46 bits per heavy atom. The Hall–Kier alpha value is -0.990. The summed E-state index contributed by atoms with van der Waals surface area (Å²) in [7, 11) is 0. The van der Waals surface area contributed by atoms with Crippen LogP contribution in [0.3, 0.4) is 0 Å². The van der Waals surface area contributed by atoms with E-state index in [2.05, 4.69) is 37.9 Å². The van der Waals surface area contributed by atoms with E-state index in [1.54, 1.807) is 6.20 Å². The molecule has 13 heavy (non-hydrogen) atoms. The van der Waals surface area contributed by atoms with E-state index in [-0.39, 0.29) is 0 Å². The summed E-state index contributed by atoms with van der Waals surface area (Å²) < 4.78 is 5.29. The van der Waals surface area contributed by atoms with Gasteiger partial charge in [-0.05, 0) is 5.92 Å². The average Bonchev–Trinajstić information content (AvgIpc) is 2.54. The van der Waals surface area contributed by atoms with Crippen molar-refractivity contribution < 1.29 is 4.74 Å². The number of rotatable bonds is 3. The van der Waals surface area contributed by atoms with Crippen molar-refractivity contribution in [1.29, 1.82) is 0 Å².